The summed E-state index contributed by atoms with van der Waals surface area (Å²) in [7, 11) is -1.70. The van der Waals surface area contributed by atoms with Crippen molar-refractivity contribution >= 4 is 37.5 Å². The number of likely N-dealkylation sites (N-methyl/N-ethyl adjacent to an activating group) is 1. The van der Waals surface area contributed by atoms with E-state index in [1.165, 1.54) is 0 Å². The number of aliphatic hydroxyl groups excluding tert-OH is 1. The molecule has 0 saturated carbocycles. The molecule has 4 aliphatic heterocycles. The fourth-order valence-electron chi connectivity index (χ4n) is 7.58. The van der Waals surface area contributed by atoms with Gasteiger partial charge in [0.05, 0.1) is 30.9 Å². The van der Waals surface area contributed by atoms with Gasteiger partial charge in [0, 0.05) is 49.3 Å². The van der Waals surface area contributed by atoms with Crippen molar-refractivity contribution in [3.05, 3.63) is 23.8 Å². The van der Waals surface area contributed by atoms with Crippen molar-refractivity contribution in [3.8, 4) is 0 Å². The van der Waals surface area contributed by atoms with E-state index >= 15 is 4.11 Å². The van der Waals surface area contributed by atoms with Gasteiger partial charge in [-0.25, -0.2) is 0 Å². The second-order valence-electron chi connectivity index (χ2n) is 12.3. The topological polar surface area (TPSA) is 90.4 Å². The first-order valence-corrected chi connectivity index (χ1v) is 17.5. The average Bonchev–Trinajstić information content (AvgIpc) is 3.53. The Morgan fingerprint density at radius 2 is 1.90 bits per heavy atom. The second kappa shape index (κ2) is 10.6. The van der Waals surface area contributed by atoms with Crippen molar-refractivity contribution in [2.75, 3.05) is 36.5 Å². The Morgan fingerprint density at radius 3 is 2.62 bits per heavy atom. The Morgan fingerprint density at radius 1 is 1.15 bits per heavy atom. The highest BCUT2D eigenvalue weighted by Gasteiger charge is 2.66. The number of rotatable bonds is 5. The zero-order valence-electron chi connectivity index (χ0n) is 23.6. The summed E-state index contributed by atoms with van der Waals surface area (Å²) in [5.41, 5.74) is 0.0854. The molecule has 10 heteroatoms. The van der Waals surface area contributed by atoms with Gasteiger partial charge in [0.2, 0.25) is 20.2 Å². The van der Waals surface area contributed by atoms with Gasteiger partial charge in [-0.3, -0.25) is 14.4 Å². The molecule has 0 aromatic heterocycles. The molecule has 5 atom stereocenters. The standard InChI is InChI=1S/C29H42FN3O5Si/c1-19-27(39(3,4)30)24(17-26(36)33-15-9-10-21(33)18-34)38-29(19)22-16-20(12-13-23(22)31(2)28(29)37)32-14-8-6-5-7-11-25(32)35/h12-13,16,19,21,24,27,34H,5-11,14-15,17-18H2,1-4H3/t19-,21+,24+,27-,29+/m1/s1. The highest BCUT2D eigenvalue weighted by molar-refractivity contribution is 6.72. The van der Waals surface area contributed by atoms with Crippen molar-refractivity contribution in [1.82, 2.24) is 4.90 Å². The third kappa shape index (κ3) is 4.72. The van der Waals surface area contributed by atoms with Crippen LogP contribution in [0.15, 0.2) is 18.2 Å². The van der Waals surface area contributed by atoms with Gasteiger partial charge in [-0.15, -0.1) is 0 Å². The van der Waals surface area contributed by atoms with E-state index in [2.05, 4.69) is 0 Å². The normalized spacial score (nSPS) is 31.7. The van der Waals surface area contributed by atoms with E-state index in [0.717, 1.165) is 44.2 Å². The third-order valence-corrected chi connectivity index (χ3v) is 12.0. The number of benzene rings is 1. The van der Waals surface area contributed by atoms with Crippen LogP contribution in [0.4, 0.5) is 15.5 Å². The van der Waals surface area contributed by atoms with E-state index in [9.17, 15) is 19.5 Å². The van der Waals surface area contributed by atoms with Crippen LogP contribution in [0.5, 0.6) is 0 Å². The molecule has 1 N–H and O–H groups in total. The van der Waals surface area contributed by atoms with Crippen LogP contribution in [-0.2, 0) is 24.7 Å². The minimum atomic E-state index is -3.40. The number of amides is 3. The maximum Gasteiger partial charge on any atom is 0.264 e. The van der Waals surface area contributed by atoms with E-state index in [0.29, 0.717) is 30.8 Å². The van der Waals surface area contributed by atoms with E-state index in [1.54, 1.807) is 29.9 Å². The van der Waals surface area contributed by atoms with Crippen molar-refractivity contribution in [2.45, 2.75) is 94.7 Å². The molecule has 0 radical (unpaired) electrons. The number of halogens is 1. The van der Waals surface area contributed by atoms with E-state index in [-0.39, 0.29) is 36.8 Å². The number of hydrogen-bond acceptors (Lipinski definition) is 5. The maximum atomic E-state index is 16.0. The quantitative estimate of drug-likeness (QED) is 0.433. The number of carbonyl (C=O) groups is 3. The molecule has 8 nitrogen and oxygen atoms in total. The second-order valence-corrected chi connectivity index (χ2v) is 16.1. The van der Waals surface area contributed by atoms with Gasteiger partial charge in [-0.05, 0) is 57.0 Å². The number of aliphatic hydroxyl groups is 1. The fourth-order valence-corrected chi connectivity index (χ4v) is 10.1. The minimum absolute atomic E-state index is 0.0236. The van der Waals surface area contributed by atoms with E-state index < -0.39 is 31.6 Å². The molecule has 1 aromatic carbocycles. The molecule has 5 rings (SSSR count). The molecule has 4 heterocycles. The van der Waals surface area contributed by atoms with Gasteiger partial charge in [0.15, 0.2) is 5.60 Å². The van der Waals surface area contributed by atoms with Crippen LogP contribution in [0.2, 0.25) is 18.6 Å². The molecule has 0 bridgehead atoms. The monoisotopic (exact) mass is 559 g/mol. The number of hydrogen-bond donors (Lipinski definition) is 1. The van der Waals surface area contributed by atoms with Crippen molar-refractivity contribution in [3.63, 3.8) is 0 Å². The Hall–Kier alpha value is -2.30. The summed E-state index contributed by atoms with van der Waals surface area (Å²) in [6, 6.07) is 5.41. The molecular weight excluding hydrogens is 517 g/mol. The van der Waals surface area contributed by atoms with Crippen molar-refractivity contribution < 1.29 is 28.3 Å². The molecule has 1 spiro atoms. The van der Waals surface area contributed by atoms with Gasteiger partial charge in [0.25, 0.3) is 5.91 Å². The van der Waals surface area contributed by atoms with Gasteiger partial charge in [-0.1, -0.05) is 19.8 Å². The zero-order chi connectivity index (χ0) is 28.1. The SMILES string of the molecule is C[C@@H]1[C@@H]([Si](C)(C)F)[C@H](CC(=O)N2CCC[C@H]2CO)O[C@@]12C(=O)N(C)c1ccc(N3CCCCCCC3=O)cc12. The van der Waals surface area contributed by atoms with Crippen LogP contribution in [0.3, 0.4) is 0 Å². The Labute approximate surface area is 231 Å². The number of fused-ring (bicyclic) bond motifs is 2. The molecule has 0 aliphatic carbocycles. The van der Waals surface area contributed by atoms with E-state index in [1.807, 2.05) is 30.0 Å². The first-order valence-electron chi connectivity index (χ1n) is 14.5. The van der Waals surface area contributed by atoms with Gasteiger partial charge < -0.3 is 28.7 Å². The lowest BCUT2D eigenvalue weighted by molar-refractivity contribution is -0.149. The molecule has 4 aliphatic rings. The van der Waals surface area contributed by atoms with Gasteiger partial charge >= 0.3 is 0 Å². The Bertz CT molecular complexity index is 1140. The fraction of sp³-hybridized carbons (Fsp3) is 0.690. The number of likely N-dealkylation sites (tertiary alicyclic amines) is 1. The summed E-state index contributed by atoms with van der Waals surface area (Å²) in [4.78, 5) is 45.5. The van der Waals surface area contributed by atoms with Crippen LogP contribution in [0.25, 0.3) is 0 Å². The van der Waals surface area contributed by atoms with E-state index in [4.69, 9.17) is 4.74 Å². The summed E-state index contributed by atoms with van der Waals surface area (Å²) < 4.78 is 22.7. The summed E-state index contributed by atoms with van der Waals surface area (Å²) >= 11 is 0. The predicted molar refractivity (Wildman–Crippen MR) is 150 cm³/mol. The van der Waals surface area contributed by atoms with Gasteiger partial charge in [0.1, 0.15) is 0 Å². The van der Waals surface area contributed by atoms with Crippen molar-refractivity contribution in [2.24, 2.45) is 5.92 Å². The maximum absolute atomic E-state index is 16.0. The van der Waals surface area contributed by atoms with Crippen LogP contribution in [0.1, 0.15) is 63.9 Å². The third-order valence-electron chi connectivity index (χ3n) is 9.49. The van der Waals surface area contributed by atoms with Crippen molar-refractivity contribution in [1.29, 1.82) is 0 Å². The smallest absolute Gasteiger partial charge is 0.264 e. The Kier molecular flexibility index (Phi) is 7.67. The molecule has 3 amide bonds. The number of nitrogens with zero attached hydrogens (tertiary/aromatic N) is 3. The van der Waals surface area contributed by atoms with Crippen LogP contribution < -0.4 is 9.80 Å². The number of ether oxygens (including phenoxy) is 1. The molecular formula is C29H42FN3O5Si. The largest absolute Gasteiger partial charge is 0.394 e. The summed E-state index contributed by atoms with van der Waals surface area (Å²) in [5.74, 6) is -0.843. The molecule has 214 valence electrons. The molecule has 1 aromatic rings. The molecule has 39 heavy (non-hydrogen) atoms. The minimum Gasteiger partial charge on any atom is -0.394 e. The van der Waals surface area contributed by atoms with Gasteiger partial charge in [-0.2, -0.15) is 0 Å². The average molecular weight is 560 g/mol. The number of anilines is 2. The first-order chi connectivity index (χ1) is 18.5. The first kappa shape index (κ1) is 28.2. The van der Waals surface area contributed by atoms with Crippen LogP contribution >= 0.6 is 0 Å². The summed E-state index contributed by atoms with van der Waals surface area (Å²) in [6.45, 7) is 6.22. The highest BCUT2D eigenvalue weighted by atomic mass is 28.4. The molecule has 3 fully saturated rings. The highest BCUT2D eigenvalue weighted by Crippen LogP contribution is 2.60. The zero-order valence-corrected chi connectivity index (χ0v) is 24.6. The summed E-state index contributed by atoms with van der Waals surface area (Å²) in [5, 5.41) is 9.74. The Balaban J connectivity index is 1.53. The lowest BCUT2D eigenvalue weighted by Gasteiger charge is -2.31. The predicted octanol–water partition coefficient (Wildman–Crippen LogP) is 4.11. The molecule has 3 saturated heterocycles. The lowest BCUT2D eigenvalue weighted by atomic mass is 9.82. The molecule has 0 unspecified atom stereocenters. The van der Waals surface area contributed by atoms with Crippen LogP contribution in [-0.4, -0.2) is 75.0 Å². The number of carbonyl (C=O) groups excluding carboxylic acids is 3. The summed E-state index contributed by atoms with van der Waals surface area (Å²) in [6.07, 6.45) is 5.19. The van der Waals surface area contributed by atoms with Crippen LogP contribution in [0, 0.1) is 5.92 Å². The lowest BCUT2D eigenvalue weighted by Crippen LogP contribution is -2.44.